The number of halogens is 1. The quantitative estimate of drug-likeness (QED) is 0.0986. The number of rotatable bonds is 26. The van der Waals surface area contributed by atoms with Crippen molar-refractivity contribution >= 4 is 10.1 Å². The summed E-state index contributed by atoms with van der Waals surface area (Å²) < 4.78 is 40.9. The number of hydrogen-bond acceptors (Lipinski definition) is 4. The Hall–Kier alpha value is -0.200. The van der Waals surface area contributed by atoms with Gasteiger partial charge in [-0.05, 0) is 19.3 Å². The van der Waals surface area contributed by atoms with Crippen LogP contribution in [0.15, 0.2) is 0 Å². The van der Waals surface area contributed by atoms with Crippen LogP contribution >= 0.6 is 0 Å². The van der Waals surface area contributed by atoms with Crippen molar-refractivity contribution in [1.29, 1.82) is 0 Å². The highest BCUT2D eigenvalue weighted by Crippen LogP contribution is 2.14. The van der Waals surface area contributed by atoms with Crippen molar-refractivity contribution < 1.29 is 17.0 Å². The van der Waals surface area contributed by atoms with Gasteiger partial charge in [0.15, 0.2) is 0 Å². The van der Waals surface area contributed by atoms with Crippen LogP contribution in [0.1, 0.15) is 148 Å². The van der Waals surface area contributed by atoms with Crippen molar-refractivity contribution in [1.82, 2.24) is 6.15 Å². The predicted octanol–water partition coefficient (Wildman–Crippen LogP) is 9.07. The maximum absolute atomic E-state index is 12.0. The molecule has 0 fully saturated rings. The van der Waals surface area contributed by atoms with Crippen LogP contribution in [-0.4, -0.2) is 27.5 Å². The van der Waals surface area contributed by atoms with E-state index in [4.69, 9.17) is 4.18 Å². The summed E-state index contributed by atoms with van der Waals surface area (Å²) >= 11 is 0. The topological polar surface area (TPSA) is 78.4 Å². The average molecular weight is 482 g/mol. The number of alkyl halides is 1. The summed E-state index contributed by atoms with van der Waals surface area (Å²) in [6.45, 7) is 2.40. The van der Waals surface area contributed by atoms with Crippen LogP contribution in [0.2, 0.25) is 0 Å². The lowest BCUT2D eigenvalue weighted by Gasteiger charge is -2.06. The van der Waals surface area contributed by atoms with Crippen LogP contribution in [-0.2, 0) is 14.3 Å². The smallest absolute Gasteiger partial charge is 0.267 e. The molecule has 0 aromatic heterocycles. The molecule has 0 atom stereocenters. The summed E-state index contributed by atoms with van der Waals surface area (Å²) in [6, 6.07) is 0. The standard InChI is InChI=1S/C26H53FO3S.H3N/c1-2-3-4-5-6-7-8-9-10-11-13-16-19-22-25-30-31(28,29)26-23-20-17-14-12-15-18-21-24-27;/h2-26H2,1H3;1H3. The molecule has 0 aliphatic carbocycles. The summed E-state index contributed by atoms with van der Waals surface area (Å²) in [4.78, 5) is 0. The molecule has 32 heavy (non-hydrogen) atoms. The van der Waals surface area contributed by atoms with E-state index in [0.717, 1.165) is 51.4 Å². The van der Waals surface area contributed by atoms with E-state index in [1.807, 2.05) is 0 Å². The van der Waals surface area contributed by atoms with Gasteiger partial charge >= 0.3 is 0 Å². The van der Waals surface area contributed by atoms with Gasteiger partial charge < -0.3 is 6.15 Å². The van der Waals surface area contributed by atoms with Crippen LogP contribution < -0.4 is 6.15 Å². The van der Waals surface area contributed by atoms with Gasteiger partial charge in [-0.3, -0.25) is 8.57 Å². The first-order valence-corrected chi connectivity index (χ1v) is 15.1. The highest BCUT2D eigenvalue weighted by atomic mass is 32.2. The van der Waals surface area contributed by atoms with Crippen LogP contribution in [0.3, 0.4) is 0 Å². The fraction of sp³-hybridized carbons (Fsp3) is 1.00. The van der Waals surface area contributed by atoms with E-state index < -0.39 is 10.1 Å². The zero-order valence-electron chi connectivity index (χ0n) is 21.4. The molecule has 0 spiro atoms. The van der Waals surface area contributed by atoms with E-state index in [-0.39, 0.29) is 18.6 Å². The van der Waals surface area contributed by atoms with Crippen LogP contribution in [0.4, 0.5) is 4.39 Å². The third-order valence-corrected chi connectivity index (χ3v) is 7.35. The molecule has 0 saturated heterocycles. The third-order valence-electron chi connectivity index (χ3n) is 6.04. The van der Waals surface area contributed by atoms with Gasteiger partial charge in [0.1, 0.15) is 0 Å². The van der Waals surface area contributed by atoms with Crippen molar-refractivity contribution in [2.24, 2.45) is 0 Å². The Morgan fingerprint density at radius 1 is 0.531 bits per heavy atom. The molecule has 0 radical (unpaired) electrons. The van der Waals surface area contributed by atoms with Gasteiger partial charge in [-0.2, -0.15) is 8.42 Å². The van der Waals surface area contributed by atoms with Gasteiger partial charge in [0.2, 0.25) is 0 Å². The Labute approximate surface area is 200 Å². The number of unbranched alkanes of at least 4 members (excludes halogenated alkanes) is 20. The molecule has 0 aliphatic rings. The van der Waals surface area contributed by atoms with E-state index in [1.54, 1.807) is 0 Å². The molecule has 0 bridgehead atoms. The molecule has 0 saturated carbocycles. The normalized spacial score (nSPS) is 11.6. The van der Waals surface area contributed by atoms with E-state index in [2.05, 4.69) is 6.92 Å². The van der Waals surface area contributed by atoms with E-state index in [9.17, 15) is 12.8 Å². The van der Waals surface area contributed by atoms with E-state index in [1.165, 1.54) is 77.0 Å². The third kappa shape index (κ3) is 27.8. The molecule has 0 rings (SSSR count). The molecule has 0 amide bonds. The lowest BCUT2D eigenvalue weighted by atomic mass is 10.0. The van der Waals surface area contributed by atoms with Gasteiger partial charge in [0.25, 0.3) is 10.1 Å². The number of hydrogen-bond donors (Lipinski definition) is 1. The maximum Gasteiger partial charge on any atom is 0.267 e. The summed E-state index contributed by atoms with van der Waals surface area (Å²) in [5, 5.41) is 0. The molecule has 3 N–H and O–H groups in total. The van der Waals surface area contributed by atoms with Crippen molar-refractivity contribution in [3.05, 3.63) is 0 Å². The van der Waals surface area contributed by atoms with E-state index in [0.29, 0.717) is 19.4 Å². The first kappa shape index (κ1) is 34.0. The first-order valence-electron chi connectivity index (χ1n) is 13.6. The second kappa shape index (κ2) is 27.0. The predicted molar refractivity (Wildman–Crippen MR) is 138 cm³/mol. The van der Waals surface area contributed by atoms with Crippen LogP contribution in [0.25, 0.3) is 0 Å². The Kier molecular flexibility index (Phi) is 28.7. The highest BCUT2D eigenvalue weighted by molar-refractivity contribution is 7.86. The van der Waals surface area contributed by atoms with Gasteiger partial charge in [-0.1, -0.05) is 129 Å². The van der Waals surface area contributed by atoms with Crippen molar-refractivity contribution in [2.45, 2.75) is 148 Å². The van der Waals surface area contributed by atoms with Gasteiger partial charge in [-0.15, -0.1) is 0 Å². The molecule has 196 valence electrons. The molecule has 0 aromatic carbocycles. The SMILES string of the molecule is CCCCCCCCCCCCCCCCOS(=O)(=O)CCCCCCCCCCF.N. The van der Waals surface area contributed by atoms with Crippen LogP contribution in [0.5, 0.6) is 0 Å². The zero-order chi connectivity index (χ0) is 22.9. The lowest BCUT2D eigenvalue weighted by molar-refractivity contribution is 0.305. The minimum Gasteiger partial charge on any atom is -0.344 e. The van der Waals surface area contributed by atoms with Gasteiger partial charge in [0.05, 0.1) is 19.0 Å². The minimum absolute atomic E-state index is 0. The average Bonchev–Trinajstić information content (AvgIpc) is 2.75. The zero-order valence-corrected chi connectivity index (χ0v) is 22.2. The van der Waals surface area contributed by atoms with Gasteiger partial charge in [-0.25, -0.2) is 0 Å². The summed E-state index contributed by atoms with van der Waals surface area (Å²) in [6.07, 6.45) is 25.8. The van der Waals surface area contributed by atoms with Crippen LogP contribution in [0, 0.1) is 0 Å². The van der Waals surface area contributed by atoms with Crippen molar-refractivity contribution in [3.8, 4) is 0 Å². The Balaban J connectivity index is 0. The fourth-order valence-corrected chi connectivity index (χ4v) is 5.02. The van der Waals surface area contributed by atoms with Gasteiger partial charge in [0, 0.05) is 0 Å². The second-order valence-corrected chi connectivity index (χ2v) is 11.0. The molecular weight excluding hydrogens is 425 g/mol. The molecule has 0 aliphatic heterocycles. The van der Waals surface area contributed by atoms with Crippen molar-refractivity contribution in [2.75, 3.05) is 19.0 Å². The summed E-state index contributed by atoms with van der Waals surface area (Å²) in [7, 11) is -3.35. The Morgan fingerprint density at radius 2 is 0.875 bits per heavy atom. The molecule has 0 heterocycles. The van der Waals surface area contributed by atoms with E-state index >= 15 is 0 Å². The molecule has 4 nitrogen and oxygen atoms in total. The largest absolute Gasteiger partial charge is 0.344 e. The summed E-state index contributed by atoms with van der Waals surface area (Å²) in [5.41, 5.74) is 0. The monoisotopic (exact) mass is 481 g/mol. The minimum atomic E-state index is -3.35. The Bertz CT molecular complexity index is 446. The lowest BCUT2D eigenvalue weighted by Crippen LogP contribution is -2.11. The molecule has 0 unspecified atom stereocenters. The second-order valence-electron chi connectivity index (χ2n) is 9.20. The molecule has 6 heteroatoms. The fourth-order valence-electron chi connectivity index (χ4n) is 3.98. The molecule has 0 aromatic rings. The van der Waals surface area contributed by atoms with Crippen molar-refractivity contribution in [3.63, 3.8) is 0 Å². The maximum atomic E-state index is 12.0. The summed E-state index contributed by atoms with van der Waals surface area (Å²) in [5.74, 6) is 0.146. The highest BCUT2D eigenvalue weighted by Gasteiger charge is 2.10. The Morgan fingerprint density at radius 3 is 1.28 bits per heavy atom. The first-order chi connectivity index (χ1) is 15.1. The molecular formula is C26H56FNO3S.